The Morgan fingerprint density at radius 2 is 1.94 bits per heavy atom. The maximum absolute atomic E-state index is 12.8. The van der Waals surface area contributed by atoms with Gasteiger partial charge in [0.2, 0.25) is 0 Å². The molecule has 96 valence electrons. The summed E-state index contributed by atoms with van der Waals surface area (Å²) in [5.74, 6) is -0.132. The molecule has 6 heteroatoms. The molecule has 0 aliphatic rings. The molecule has 0 spiro atoms. The monoisotopic (exact) mass is 247 g/mol. The van der Waals surface area contributed by atoms with Crippen LogP contribution in [0, 0.1) is 6.92 Å². The van der Waals surface area contributed by atoms with Crippen LogP contribution in [0.1, 0.15) is 12.5 Å². The van der Waals surface area contributed by atoms with Crippen molar-refractivity contribution in [3.8, 4) is 5.75 Å². The minimum absolute atomic E-state index is 0.132. The zero-order valence-electron chi connectivity index (χ0n) is 10.0. The van der Waals surface area contributed by atoms with Gasteiger partial charge in [-0.15, -0.1) is 0 Å². The minimum Gasteiger partial charge on any atom is -0.491 e. The molecule has 0 radical (unpaired) electrons. The molecular weight excluding hydrogens is 232 g/mol. The molecule has 0 heterocycles. The molecule has 0 aliphatic carbocycles. The van der Waals surface area contributed by atoms with Crippen molar-refractivity contribution in [1.82, 2.24) is 0 Å². The van der Waals surface area contributed by atoms with Gasteiger partial charge in [-0.05, 0) is 19.9 Å². The maximum Gasteiger partial charge on any atom is 0.513 e. The van der Waals surface area contributed by atoms with Crippen molar-refractivity contribution < 1.29 is 22.4 Å². The van der Waals surface area contributed by atoms with Crippen LogP contribution in [0.15, 0.2) is 18.2 Å². The number of hydrogen-bond acceptors (Lipinski definition) is 2. The van der Waals surface area contributed by atoms with Crippen LogP contribution >= 0.6 is 0 Å². The summed E-state index contributed by atoms with van der Waals surface area (Å²) in [5, 5.41) is 0. The van der Waals surface area contributed by atoms with Gasteiger partial charge in [0.1, 0.15) is 6.10 Å². The Hall–Kier alpha value is -1.17. The SMILES string of the molecule is COCC(C)Oc1ccc(C)cc1[B-](F)(F)F. The number of hydrogen-bond donors (Lipinski definition) is 0. The Morgan fingerprint density at radius 1 is 1.29 bits per heavy atom. The average Bonchev–Trinajstić information content (AvgIpc) is 2.19. The van der Waals surface area contributed by atoms with E-state index in [-0.39, 0.29) is 12.4 Å². The van der Waals surface area contributed by atoms with E-state index in [9.17, 15) is 12.9 Å². The summed E-state index contributed by atoms with van der Waals surface area (Å²) in [6, 6.07) is 4.06. The molecule has 17 heavy (non-hydrogen) atoms. The van der Waals surface area contributed by atoms with Gasteiger partial charge in [-0.2, -0.15) is 0 Å². The first-order valence-electron chi connectivity index (χ1n) is 5.30. The number of halogens is 3. The van der Waals surface area contributed by atoms with E-state index in [1.54, 1.807) is 19.9 Å². The highest BCUT2D eigenvalue weighted by atomic mass is 19.4. The Bertz CT molecular complexity index is 379. The van der Waals surface area contributed by atoms with Crippen molar-refractivity contribution in [2.75, 3.05) is 13.7 Å². The third-order valence-corrected chi connectivity index (χ3v) is 2.25. The summed E-state index contributed by atoms with van der Waals surface area (Å²) in [6.07, 6.45) is -0.417. The van der Waals surface area contributed by atoms with E-state index in [2.05, 4.69) is 0 Å². The van der Waals surface area contributed by atoms with Crippen LogP contribution in [0.5, 0.6) is 5.75 Å². The van der Waals surface area contributed by atoms with E-state index in [1.165, 1.54) is 13.2 Å². The number of methoxy groups -OCH3 is 1. The normalized spacial score (nSPS) is 13.5. The summed E-state index contributed by atoms with van der Waals surface area (Å²) in [7, 11) is 1.48. The van der Waals surface area contributed by atoms with Gasteiger partial charge >= 0.3 is 6.98 Å². The van der Waals surface area contributed by atoms with Crippen LogP contribution in [0.3, 0.4) is 0 Å². The summed E-state index contributed by atoms with van der Waals surface area (Å²) in [5.41, 5.74) is -0.126. The lowest BCUT2D eigenvalue weighted by molar-refractivity contribution is 0.0925. The second kappa shape index (κ2) is 5.45. The maximum atomic E-state index is 12.8. The highest BCUT2D eigenvalue weighted by Gasteiger charge is 2.29. The van der Waals surface area contributed by atoms with Crippen LogP contribution in [0.4, 0.5) is 12.9 Å². The molecule has 1 aromatic carbocycles. The summed E-state index contributed by atoms with van der Waals surface area (Å²) < 4.78 is 48.5. The molecule has 0 aromatic heterocycles. The lowest BCUT2D eigenvalue weighted by Gasteiger charge is -2.23. The van der Waals surface area contributed by atoms with E-state index >= 15 is 0 Å². The molecule has 1 rings (SSSR count). The van der Waals surface area contributed by atoms with Gasteiger partial charge in [0.05, 0.1) is 12.4 Å². The van der Waals surface area contributed by atoms with E-state index in [0.29, 0.717) is 5.56 Å². The highest BCUT2D eigenvalue weighted by molar-refractivity contribution is 6.74. The van der Waals surface area contributed by atoms with Gasteiger partial charge in [0.25, 0.3) is 0 Å². The molecule has 0 fully saturated rings. The third-order valence-electron chi connectivity index (χ3n) is 2.25. The highest BCUT2D eigenvalue weighted by Crippen LogP contribution is 2.20. The van der Waals surface area contributed by atoms with Gasteiger partial charge in [0, 0.05) is 7.11 Å². The van der Waals surface area contributed by atoms with Crippen molar-refractivity contribution in [2.24, 2.45) is 0 Å². The Kier molecular flexibility index (Phi) is 4.45. The molecule has 0 saturated carbocycles. The van der Waals surface area contributed by atoms with Crippen molar-refractivity contribution in [1.29, 1.82) is 0 Å². The minimum atomic E-state index is -5.06. The smallest absolute Gasteiger partial charge is 0.491 e. The molecule has 2 nitrogen and oxygen atoms in total. The van der Waals surface area contributed by atoms with Crippen molar-refractivity contribution in [3.05, 3.63) is 23.8 Å². The molecule has 1 aromatic rings. The lowest BCUT2D eigenvalue weighted by Crippen LogP contribution is -2.37. The van der Waals surface area contributed by atoms with Crippen LogP contribution in [-0.2, 0) is 4.74 Å². The number of rotatable bonds is 5. The summed E-state index contributed by atoms with van der Waals surface area (Å²) in [6.45, 7) is -1.53. The molecule has 0 saturated heterocycles. The van der Waals surface area contributed by atoms with Gasteiger partial charge in [-0.3, -0.25) is 0 Å². The molecule has 0 bridgehead atoms. The standard InChI is InChI=1S/C11H15BF3O2/c1-8-4-5-11(17-9(2)7-16-3)10(6-8)12(13,14)15/h4-6,9H,7H2,1-3H3/q-1. The second-order valence-electron chi connectivity index (χ2n) is 4.00. The molecule has 1 unspecified atom stereocenters. The van der Waals surface area contributed by atoms with E-state index in [0.717, 1.165) is 6.07 Å². The molecule has 0 amide bonds. The van der Waals surface area contributed by atoms with Crippen LogP contribution < -0.4 is 10.2 Å². The predicted octanol–water partition coefficient (Wildman–Crippen LogP) is 2.46. The third kappa shape index (κ3) is 3.96. The summed E-state index contributed by atoms with van der Waals surface area (Å²) >= 11 is 0. The first-order valence-corrected chi connectivity index (χ1v) is 5.30. The zero-order valence-corrected chi connectivity index (χ0v) is 10.0. The quantitative estimate of drug-likeness (QED) is 0.744. The molecule has 0 N–H and O–H groups in total. The first kappa shape index (κ1) is 13.9. The van der Waals surface area contributed by atoms with Crippen LogP contribution in [-0.4, -0.2) is 26.8 Å². The van der Waals surface area contributed by atoms with E-state index in [1.807, 2.05) is 0 Å². The van der Waals surface area contributed by atoms with Crippen LogP contribution in [0.25, 0.3) is 0 Å². The topological polar surface area (TPSA) is 18.5 Å². The van der Waals surface area contributed by atoms with Crippen LogP contribution in [0.2, 0.25) is 0 Å². The fraction of sp³-hybridized carbons (Fsp3) is 0.455. The molecule has 0 aliphatic heterocycles. The zero-order chi connectivity index (χ0) is 13.1. The summed E-state index contributed by atoms with van der Waals surface area (Å²) in [4.78, 5) is 0. The van der Waals surface area contributed by atoms with E-state index in [4.69, 9.17) is 9.47 Å². The van der Waals surface area contributed by atoms with Gasteiger partial charge in [-0.25, -0.2) is 0 Å². The average molecular weight is 247 g/mol. The number of ether oxygens (including phenoxy) is 2. The lowest BCUT2D eigenvalue weighted by atomic mass is 9.78. The Morgan fingerprint density at radius 3 is 2.47 bits per heavy atom. The number of aryl methyl sites for hydroxylation is 1. The van der Waals surface area contributed by atoms with Gasteiger partial charge in [0.15, 0.2) is 0 Å². The van der Waals surface area contributed by atoms with Gasteiger partial charge in [-0.1, -0.05) is 23.2 Å². The number of benzene rings is 1. The fourth-order valence-corrected chi connectivity index (χ4v) is 1.52. The Labute approximate surface area is 98.8 Å². The molecular formula is C11H15BF3O2-. The fourth-order valence-electron chi connectivity index (χ4n) is 1.52. The van der Waals surface area contributed by atoms with E-state index < -0.39 is 18.5 Å². The Balaban J connectivity index is 2.99. The van der Waals surface area contributed by atoms with Crippen molar-refractivity contribution >= 4 is 12.4 Å². The molecule has 1 atom stereocenters. The predicted molar refractivity (Wildman–Crippen MR) is 61.9 cm³/mol. The van der Waals surface area contributed by atoms with Gasteiger partial charge < -0.3 is 22.4 Å². The van der Waals surface area contributed by atoms with Crippen molar-refractivity contribution in [2.45, 2.75) is 20.0 Å². The first-order chi connectivity index (χ1) is 7.84. The second-order valence-corrected chi connectivity index (χ2v) is 4.00. The largest absolute Gasteiger partial charge is 0.513 e. The van der Waals surface area contributed by atoms with Crippen molar-refractivity contribution in [3.63, 3.8) is 0 Å².